The maximum absolute atomic E-state index is 12.7. The fourth-order valence-corrected chi connectivity index (χ4v) is 3.79. The first-order valence-corrected chi connectivity index (χ1v) is 10.8. The van der Waals surface area contributed by atoms with Crippen LogP contribution in [0.5, 0.6) is 0 Å². The van der Waals surface area contributed by atoms with E-state index >= 15 is 0 Å². The van der Waals surface area contributed by atoms with Crippen molar-refractivity contribution in [2.24, 2.45) is 0 Å². The molecule has 5 rings (SSSR count). The Bertz CT molecular complexity index is 1320. The van der Waals surface area contributed by atoms with Crippen molar-refractivity contribution in [1.29, 1.82) is 0 Å². The Hall–Kier alpha value is -4.45. The van der Waals surface area contributed by atoms with E-state index in [9.17, 15) is 4.79 Å². The number of aromatic nitrogens is 4. The second-order valence-electron chi connectivity index (χ2n) is 7.74. The number of hydrogen-bond donors (Lipinski definition) is 1. The second kappa shape index (κ2) is 9.36. The fourth-order valence-electron chi connectivity index (χ4n) is 3.79. The van der Waals surface area contributed by atoms with Gasteiger partial charge in [0.15, 0.2) is 0 Å². The molecule has 0 aliphatic heterocycles. The lowest BCUT2D eigenvalue weighted by molar-refractivity contribution is 0.0951. The average Bonchev–Trinajstić information content (AvgIpc) is 3.58. The van der Waals surface area contributed by atoms with Crippen molar-refractivity contribution in [1.82, 2.24) is 24.9 Å². The highest BCUT2D eigenvalue weighted by molar-refractivity contribution is 5.94. The van der Waals surface area contributed by atoms with E-state index in [-0.39, 0.29) is 5.91 Å². The van der Waals surface area contributed by atoms with Crippen LogP contribution in [0, 0.1) is 0 Å². The largest absolute Gasteiger partial charge is 0.348 e. The molecular formula is C27H23N5O. The Labute approximate surface area is 192 Å². The van der Waals surface area contributed by atoms with E-state index in [2.05, 4.69) is 45.8 Å². The molecule has 1 amide bonds. The van der Waals surface area contributed by atoms with Crippen molar-refractivity contribution in [3.05, 3.63) is 126 Å². The lowest BCUT2D eigenvalue weighted by atomic mass is 9.98. The fraction of sp³-hybridized carbons (Fsp3) is 0.0741. The maximum Gasteiger partial charge on any atom is 0.251 e. The van der Waals surface area contributed by atoms with Crippen LogP contribution < -0.4 is 5.32 Å². The normalized spacial score (nSPS) is 10.8. The van der Waals surface area contributed by atoms with Gasteiger partial charge in [0.2, 0.25) is 0 Å². The van der Waals surface area contributed by atoms with Crippen LogP contribution in [0.15, 0.2) is 110 Å². The summed E-state index contributed by atoms with van der Waals surface area (Å²) >= 11 is 0. The monoisotopic (exact) mass is 433 g/mol. The van der Waals surface area contributed by atoms with Gasteiger partial charge in [0.05, 0.1) is 12.2 Å². The topological polar surface area (TPSA) is 64.7 Å². The van der Waals surface area contributed by atoms with Gasteiger partial charge in [0.1, 0.15) is 0 Å². The van der Waals surface area contributed by atoms with Gasteiger partial charge in [-0.25, -0.2) is 4.68 Å². The van der Waals surface area contributed by atoms with Crippen LogP contribution in [-0.2, 0) is 13.1 Å². The SMILES string of the molecule is O=C(NCc1ccccc1-c1ccc(Cn2cccn2)cc1)c1ccc(-n2cccn2)cc1. The van der Waals surface area contributed by atoms with Crippen molar-refractivity contribution in [3.8, 4) is 16.8 Å². The third-order valence-corrected chi connectivity index (χ3v) is 5.52. The minimum Gasteiger partial charge on any atom is -0.348 e. The lowest BCUT2D eigenvalue weighted by Gasteiger charge is -2.12. The molecule has 162 valence electrons. The molecule has 0 spiro atoms. The van der Waals surface area contributed by atoms with E-state index in [4.69, 9.17) is 0 Å². The van der Waals surface area contributed by atoms with Gasteiger partial charge in [-0.3, -0.25) is 9.48 Å². The highest BCUT2D eigenvalue weighted by Gasteiger charge is 2.09. The van der Waals surface area contributed by atoms with Gasteiger partial charge in [0.25, 0.3) is 5.91 Å². The molecule has 33 heavy (non-hydrogen) atoms. The molecule has 0 atom stereocenters. The second-order valence-corrected chi connectivity index (χ2v) is 7.74. The predicted octanol–water partition coefficient (Wildman–Crippen LogP) is 4.71. The molecule has 0 saturated heterocycles. The van der Waals surface area contributed by atoms with Crippen molar-refractivity contribution >= 4 is 5.91 Å². The van der Waals surface area contributed by atoms with E-state index in [0.29, 0.717) is 12.1 Å². The number of carbonyl (C=O) groups excluding carboxylic acids is 1. The van der Waals surface area contributed by atoms with Crippen LogP contribution in [-0.4, -0.2) is 25.5 Å². The van der Waals surface area contributed by atoms with Gasteiger partial charge in [-0.05, 0) is 58.7 Å². The summed E-state index contributed by atoms with van der Waals surface area (Å²) in [5, 5.41) is 11.5. The third kappa shape index (κ3) is 4.75. The van der Waals surface area contributed by atoms with Crippen molar-refractivity contribution in [3.63, 3.8) is 0 Å². The summed E-state index contributed by atoms with van der Waals surface area (Å²) in [6, 6.07) is 27.8. The smallest absolute Gasteiger partial charge is 0.251 e. The van der Waals surface area contributed by atoms with E-state index in [1.807, 2.05) is 71.7 Å². The summed E-state index contributed by atoms with van der Waals surface area (Å²) < 4.78 is 3.67. The molecule has 0 unspecified atom stereocenters. The van der Waals surface area contributed by atoms with E-state index in [0.717, 1.165) is 28.9 Å². The number of nitrogens with one attached hydrogen (secondary N) is 1. The van der Waals surface area contributed by atoms with Crippen LogP contribution in [0.1, 0.15) is 21.5 Å². The van der Waals surface area contributed by atoms with Crippen molar-refractivity contribution in [2.45, 2.75) is 13.1 Å². The van der Waals surface area contributed by atoms with E-state index in [1.165, 1.54) is 5.56 Å². The summed E-state index contributed by atoms with van der Waals surface area (Å²) in [6.07, 6.45) is 7.34. The highest BCUT2D eigenvalue weighted by Crippen LogP contribution is 2.24. The summed E-state index contributed by atoms with van der Waals surface area (Å²) in [5.41, 5.74) is 6.01. The van der Waals surface area contributed by atoms with Crippen LogP contribution >= 0.6 is 0 Å². The molecule has 6 heteroatoms. The van der Waals surface area contributed by atoms with Crippen LogP contribution in [0.25, 0.3) is 16.8 Å². The molecule has 0 fully saturated rings. The first-order chi connectivity index (χ1) is 16.3. The number of carbonyl (C=O) groups is 1. The molecule has 3 aromatic carbocycles. The molecule has 0 aliphatic rings. The number of rotatable bonds is 7. The van der Waals surface area contributed by atoms with Crippen LogP contribution in [0.4, 0.5) is 0 Å². The van der Waals surface area contributed by atoms with Gasteiger partial charge in [0, 0.05) is 36.9 Å². The molecule has 2 heterocycles. The minimum atomic E-state index is -0.105. The first kappa shape index (κ1) is 20.5. The molecule has 2 aromatic heterocycles. The minimum absolute atomic E-state index is 0.105. The molecule has 5 aromatic rings. The predicted molar refractivity (Wildman–Crippen MR) is 128 cm³/mol. The standard InChI is InChI=1S/C27H23N5O/c33-27(23-11-13-25(14-12-23)32-18-4-16-30-32)28-19-24-5-1-2-6-26(24)22-9-7-21(8-10-22)20-31-17-3-15-29-31/h1-18H,19-20H2,(H,28,33). The lowest BCUT2D eigenvalue weighted by Crippen LogP contribution is -2.23. The van der Waals surface area contributed by atoms with Gasteiger partial charge >= 0.3 is 0 Å². The van der Waals surface area contributed by atoms with Gasteiger partial charge in [-0.15, -0.1) is 0 Å². The number of amides is 1. The maximum atomic E-state index is 12.7. The number of benzene rings is 3. The van der Waals surface area contributed by atoms with Gasteiger partial charge in [-0.2, -0.15) is 10.2 Å². The molecule has 0 aliphatic carbocycles. The van der Waals surface area contributed by atoms with Gasteiger partial charge < -0.3 is 5.32 Å². The van der Waals surface area contributed by atoms with E-state index < -0.39 is 0 Å². The Balaban J connectivity index is 1.27. The molecular weight excluding hydrogens is 410 g/mol. The molecule has 1 N–H and O–H groups in total. The summed E-state index contributed by atoms with van der Waals surface area (Å²) in [7, 11) is 0. The van der Waals surface area contributed by atoms with Crippen LogP contribution in [0.2, 0.25) is 0 Å². The molecule has 0 bridgehead atoms. The Morgan fingerprint density at radius 3 is 2.27 bits per heavy atom. The van der Waals surface area contributed by atoms with Crippen molar-refractivity contribution < 1.29 is 4.79 Å². The van der Waals surface area contributed by atoms with E-state index in [1.54, 1.807) is 17.1 Å². The first-order valence-electron chi connectivity index (χ1n) is 10.8. The Morgan fingerprint density at radius 1 is 0.788 bits per heavy atom. The zero-order chi connectivity index (χ0) is 22.5. The van der Waals surface area contributed by atoms with Crippen LogP contribution in [0.3, 0.4) is 0 Å². The number of nitrogens with zero attached hydrogens (tertiary/aromatic N) is 4. The van der Waals surface area contributed by atoms with Crippen molar-refractivity contribution in [2.75, 3.05) is 0 Å². The quantitative estimate of drug-likeness (QED) is 0.404. The Kier molecular flexibility index (Phi) is 5.80. The molecule has 0 saturated carbocycles. The summed E-state index contributed by atoms with van der Waals surface area (Å²) in [4.78, 5) is 12.7. The van der Waals surface area contributed by atoms with Gasteiger partial charge in [-0.1, -0.05) is 48.5 Å². The summed E-state index contributed by atoms with van der Waals surface area (Å²) in [5.74, 6) is -0.105. The average molecular weight is 434 g/mol. The number of hydrogen-bond acceptors (Lipinski definition) is 3. The zero-order valence-electron chi connectivity index (χ0n) is 18.0. The highest BCUT2D eigenvalue weighted by atomic mass is 16.1. The zero-order valence-corrected chi connectivity index (χ0v) is 18.0. The Morgan fingerprint density at radius 2 is 1.55 bits per heavy atom. The molecule has 6 nitrogen and oxygen atoms in total. The third-order valence-electron chi connectivity index (χ3n) is 5.52. The summed E-state index contributed by atoms with van der Waals surface area (Å²) in [6.45, 7) is 1.19. The molecule has 0 radical (unpaired) electrons.